The number of ether oxygens (including phenoxy) is 1. The van der Waals surface area contributed by atoms with E-state index in [0.717, 1.165) is 15.4 Å². The minimum Gasteiger partial charge on any atom is -0.478 e. The summed E-state index contributed by atoms with van der Waals surface area (Å²) in [6.07, 6.45) is -0.216. The van der Waals surface area contributed by atoms with Crippen molar-refractivity contribution in [3.63, 3.8) is 0 Å². The average Bonchev–Trinajstić information content (AvgIpc) is 2.69. The summed E-state index contributed by atoms with van der Waals surface area (Å²) in [5.41, 5.74) is 3.40. The number of anilines is 2. The van der Waals surface area contributed by atoms with E-state index in [2.05, 4.69) is 10.6 Å². The molecule has 0 spiro atoms. The second-order valence-corrected chi connectivity index (χ2v) is 9.76. The Hall–Kier alpha value is -2.91. The van der Waals surface area contributed by atoms with Crippen LogP contribution in [0.4, 0.5) is 11.4 Å². The molecule has 0 saturated carbocycles. The van der Waals surface area contributed by atoms with Crippen LogP contribution in [0.15, 0.2) is 35.2 Å². The number of amides is 2. The Kier molecular flexibility index (Phi) is 6.38. The van der Waals surface area contributed by atoms with Crippen LogP contribution >= 0.6 is 0 Å². The van der Waals surface area contributed by atoms with Gasteiger partial charge >= 0.3 is 0 Å². The van der Waals surface area contributed by atoms with E-state index in [9.17, 15) is 18.0 Å². The number of nitrogens with one attached hydrogen (secondary N) is 2. The molecule has 0 aliphatic carbocycles. The van der Waals surface area contributed by atoms with E-state index in [0.29, 0.717) is 29.1 Å². The van der Waals surface area contributed by atoms with Gasteiger partial charge in [0.15, 0.2) is 6.10 Å². The summed E-state index contributed by atoms with van der Waals surface area (Å²) in [4.78, 5) is 24.5. The number of carbonyl (C=O) groups excluding carboxylic acids is 2. The van der Waals surface area contributed by atoms with Gasteiger partial charge in [0.2, 0.25) is 15.9 Å². The van der Waals surface area contributed by atoms with Gasteiger partial charge in [0.25, 0.3) is 5.91 Å². The molecule has 1 atom stereocenters. The molecule has 2 N–H and O–H groups in total. The van der Waals surface area contributed by atoms with Gasteiger partial charge < -0.3 is 15.4 Å². The molecule has 9 heteroatoms. The molecule has 8 nitrogen and oxygen atoms in total. The van der Waals surface area contributed by atoms with Crippen molar-refractivity contribution in [2.75, 3.05) is 24.2 Å². The first-order chi connectivity index (χ1) is 14.5. The summed E-state index contributed by atoms with van der Waals surface area (Å²) in [7, 11) is -2.61. The number of sulfonamides is 1. The predicted octanol–water partition coefficient (Wildman–Crippen LogP) is 2.98. The van der Waals surface area contributed by atoms with E-state index < -0.39 is 22.0 Å². The maximum atomic E-state index is 13.2. The minimum atomic E-state index is -3.97. The van der Waals surface area contributed by atoms with E-state index in [4.69, 9.17) is 4.74 Å². The Bertz CT molecular complexity index is 1140. The largest absolute Gasteiger partial charge is 0.478 e. The predicted molar refractivity (Wildman–Crippen MR) is 119 cm³/mol. The molecule has 0 unspecified atom stereocenters. The number of nitrogens with zero attached hydrogens (tertiary/aromatic N) is 1. The molecule has 2 amide bonds. The van der Waals surface area contributed by atoms with Crippen LogP contribution in [0.25, 0.3) is 0 Å². The van der Waals surface area contributed by atoms with Crippen molar-refractivity contribution in [3.05, 3.63) is 47.0 Å². The zero-order valence-corrected chi connectivity index (χ0v) is 19.1. The second kappa shape index (κ2) is 8.68. The molecule has 1 aliphatic rings. The standard InChI is InChI=1S/C22H27N3O5S/c1-6-18-22(27)24-17-10-15(4)20(11-19(17)30-18)31(28,29)25(5)12-21(26)23-16-9-13(2)7-8-14(16)3/h7-11,18H,6,12H2,1-5H3,(H,23,26)(H,24,27)/t18-/m1/s1. The molecule has 1 heterocycles. The molecule has 3 rings (SSSR count). The third kappa shape index (κ3) is 4.72. The highest BCUT2D eigenvalue weighted by Crippen LogP contribution is 2.35. The van der Waals surface area contributed by atoms with Gasteiger partial charge in [-0.1, -0.05) is 19.1 Å². The second-order valence-electron chi connectivity index (χ2n) is 7.75. The van der Waals surface area contributed by atoms with Gasteiger partial charge in [-0.15, -0.1) is 0 Å². The van der Waals surface area contributed by atoms with Crippen molar-refractivity contribution >= 4 is 33.2 Å². The smallest absolute Gasteiger partial charge is 0.265 e. The highest BCUT2D eigenvalue weighted by atomic mass is 32.2. The van der Waals surface area contributed by atoms with Gasteiger partial charge in [0, 0.05) is 18.8 Å². The fourth-order valence-electron chi connectivity index (χ4n) is 3.35. The molecule has 31 heavy (non-hydrogen) atoms. The Balaban J connectivity index is 1.81. The molecule has 0 saturated heterocycles. The van der Waals surface area contributed by atoms with Crippen LogP contribution < -0.4 is 15.4 Å². The Morgan fingerprint density at radius 2 is 1.87 bits per heavy atom. The molecular formula is C22H27N3O5S. The van der Waals surface area contributed by atoms with E-state index in [1.807, 2.05) is 39.0 Å². The molecule has 1 aliphatic heterocycles. The number of aryl methyl sites for hydroxylation is 3. The van der Waals surface area contributed by atoms with Crippen molar-refractivity contribution in [1.82, 2.24) is 4.31 Å². The Morgan fingerprint density at radius 3 is 2.55 bits per heavy atom. The van der Waals surface area contributed by atoms with E-state index in [-0.39, 0.29) is 17.3 Å². The first-order valence-electron chi connectivity index (χ1n) is 9.98. The summed E-state index contributed by atoms with van der Waals surface area (Å²) in [6.45, 7) is 6.88. The lowest BCUT2D eigenvalue weighted by Crippen LogP contribution is -2.37. The number of hydrogen-bond acceptors (Lipinski definition) is 5. The first kappa shape index (κ1) is 22.8. The lowest BCUT2D eigenvalue weighted by Gasteiger charge is -2.27. The van der Waals surface area contributed by atoms with Gasteiger partial charge in [-0.25, -0.2) is 8.42 Å². The maximum absolute atomic E-state index is 13.2. The van der Waals surface area contributed by atoms with Crippen LogP contribution in [0.5, 0.6) is 5.75 Å². The zero-order valence-electron chi connectivity index (χ0n) is 18.3. The molecule has 0 bridgehead atoms. The quantitative estimate of drug-likeness (QED) is 0.711. The van der Waals surface area contributed by atoms with Crippen molar-refractivity contribution in [1.29, 1.82) is 0 Å². The zero-order chi connectivity index (χ0) is 22.9. The average molecular weight is 446 g/mol. The number of fused-ring (bicyclic) bond motifs is 1. The molecule has 0 fully saturated rings. The van der Waals surface area contributed by atoms with Gasteiger partial charge in [0.05, 0.1) is 17.1 Å². The lowest BCUT2D eigenvalue weighted by atomic mass is 10.1. The van der Waals surface area contributed by atoms with Crippen LogP contribution in [0.3, 0.4) is 0 Å². The monoisotopic (exact) mass is 445 g/mol. The Morgan fingerprint density at radius 1 is 1.16 bits per heavy atom. The summed E-state index contributed by atoms with van der Waals surface area (Å²) in [6, 6.07) is 8.64. The van der Waals surface area contributed by atoms with Gasteiger partial charge in [0.1, 0.15) is 5.75 Å². The molecule has 2 aromatic rings. The van der Waals surface area contributed by atoms with Crippen molar-refractivity contribution in [2.24, 2.45) is 0 Å². The van der Waals surface area contributed by atoms with E-state index in [1.165, 1.54) is 13.1 Å². The molecule has 166 valence electrons. The molecule has 0 radical (unpaired) electrons. The van der Waals surface area contributed by atoms with E-state index >= 15 is 0 Å². The normalized spacial score (nSPS) is 15.8. The molecular weight excluding hydrogens is 418 g/mol. The van der Waals surface area contributed by atoms with E-state index in [1.54, 1.807) is 13.0 Å². The topological polar surface area (TPSA) is 105 Å². The highest BCUT2D eigenvalue weighted by molar-refractivity contribution is 7.89. The highest BCUT2D eigenvalue weighted by Gasteiger charge is 2.31. The number of benzene rings is 2. The van der Waals surface area contributed by atoms with Gasteiger partial charge in [-0.05, 0) is 56.0 Å². The lowest BCUT2D eigenvalue weighted by molar-refractivity contribution is -0.123. The summed E-state index contributed by atoms with van der Waals surface area (Å²) < 4.78 is 33.0. The summed E-state index contributed by atoms with van der Waals surface area (Å²) in [5, 5.41) is 5.51. The third-order valence-electron chi connectivity index (χ3n) is 5.19. The van der Waals surface area contributed by atoms with Crippen LogP contribution in [0.1, 0.15) is 30.0 Å². The minimum absolute atomic E-state index is 0.0271. The summed E-state index contributed by atoms with van der Waals surface area (Å²) >= 11 is 0. The van der Waals surface area contributed by atoms with Gasteiger partial charge in [-0.2, -0.15) is 4.31 Å². The fraction of sp³-hybridized carbons (Fsp3) is 0.364. The maximum Gasteiger partial charge on any atom is 0.265 e. The van der Waals surface area contributed by atoms with Crippen molar-refractivity contribution in [3.8, 4) is 5.75 Å². The molecule has 2 aromatic carbocycles. The van der Waals surface area contributed by atoms with Crippen molar-refractivity contribution < 1.29 is 22.7 Å². The number of carbonyl (C=O) groups is 2. The third-order valence-corrected chi connectivity index (χ3v) is 7.13. The van der Waals surface area contributed by atoms with Crippen LogP contribution in [0.2, 0.25) is 0 Å². The number of hydrogen-bond donors (Lipinski definition) is 2. The Labute approximate surface area is 182 Å². The number of likely N-dealkylation sites (N-methyl/N-ethyl adjacent to an activating group) is 1. The van der Waals surface area contributed by atoms with Crippen LogP contribution in [0, 0.1) is 20.8 Å². The SMILES string of the molecule is CC[C@H]1Oc2cc(S(=O)(=O)N(C)CC(=O)Nc3cc(C)ccc3C)c(C)cc2NC1=O. The van der Waals surface area contributed by atoms with Gasteiger partial charge in [-0.3, -0.25) is 9.59 Å². The fourth-order valence-corrected chi connectivity index (χ4v) is 4.69. The van der Waals surface area contributed by atoms with Crippen molar-refractivity contribution in [2.45, 2.75) is 45.1 Å². The first-order valence-corrected chi connectivity index (χ1v) is 11.4. The summed E-state index contributed by atoms with van der Waals surface area (Å²) in [5.74, 6) is -0.404. The van der Waals surface area contributed by atoms with Crippen LogP contribution in [-0.2, 0) is 19.6 Å². The molecule has 0 aromatic heterocycles. The number of rotatable bonds is 6. The van der Waals surface area contributed by atoms with Crippen LogP contribution in [-0.4, -0.2) is 44.2 Å².